The predicted molar refractivity (Wildman–Crippen MR) is 132 cm³/mol. The molecule has 0 radical (unpaired) electrons. The molecule has 1 atom stereocenters. The van der Waals surface area contributed by atoms with Gasteiger partial charge in [0.2, 0.25) is 0 Å². The summed E-state index contributed by atoms with van der Waals surface area (Å²) in [6.45, 7) is 14.1. The molecule has 0 aliphatic carbocycles. The van der Waals surface area contributed by atoms with E-state index in [1.54, 1.807) is 0 Å². The number of carbonyl (C=O) groups excluding carboxylic acids is 1. The molecule has 1 unspecified atom stereocenters. The minimum absolute atomic E-state index is 0.196. The van der Waals surface area contributed by atoms with E-state index < -0.39 is 0 Å². The molecule has 1 N–H and O–H groups in total. The molecule has 1 aromatic carbocycles. The van der Waals surface area contributed by atoms with E-state index in [1.807, 2.05) is 19.2 Å². The van der Waals surface area contributed by atoms with Crippen LogP contribution in [0.25, 0.3) is 0 Å². The second kappa shape index (κ2) is 11.8. The zero-order chi connectivity index (χ0) is 23.0. The van der Waals surface area contributed by atoms with Crippen LogP contribution < -0.4 is 5.32 Å². The van der Waals surface area contributed by atoms with Crippen molar-refractivity contribution in [3.8, 4) is 0 Å². The van der Waals surface area contributed by atoms with Crippen molar-refractivity contribution in [1.29, 1.82) is 0 Å². The van der Waals surface area contributed by atoms with Crippen LogP contribution in [0.2, 0.25) is 0 Å². The van der Waals surface area contributed by atoms with Crippen molar-refractivity contribution in [3.63, 3.8) is 0 Å². The molecule has 2 heterocycles. The minimum Gasteiger partial charge on any atom is -0.391 e. The van der Waals surface area contributed by atoms with Crippen LogP contribution in [-0.2, 0) is 17.7 Å². The molecule has 2 fully saturated rings. The molecule has 0 amide bonds. The van der Waals surface area contributed by atoms with Crippen LogP contribution in [0, 0.1) is 5.41 Å². The normalized spacial score (nSPS) is 19.2. The molecule has 32 heavy (non-hydrogen) atoms. The number of nitrogens with one attached hydrogen (secondary N) is 1. The molecule has 5 nitrogen and oxygen atoms in total. The second-order valence-corrected chi connectivity index (χ2v) is 9.62. The van der Waals surface area contributed by atoms with Crippen molar-refractivity contribution in [3.05, 3.63) is 59.8 Å². The van der Waals surface area contributed by atoms with E-state index in [9.17, 15) is 4.79 Å². The first-order valence-corrected chi connectivity index (χ1v) is 12.0. The van der Waals surface area contributed by atoms with E-state index in [-0.39, 0.29) is 6.04 Å². The van der Waals surface area contributed by atoms with Crippen molar-refractivity contribution < 1.29 is 9.53 Å². The molecule has 3 rings (SSSR count). The smallest absolute Gasteiger partial charge is 0.150 e. The summed E-state index contributed by atoms with van der Waals surface area (Å²) in [5, 5.41) is 3.20. The Morgan fingerprint density at radius 3 is 2.75 bits per heavy atom. The first-order valence-electron chi connectivity index (χ1n) is 12.0. The molecule has 5 heteroatoms. The first-order chi connectivity index (χ1) is 15.5. The summed E-state index contributed by atoms with van der Waals surface area (Å²) in [7, 11) is 4.02. The van der Waals surface area contributed by atoms with E-state index in [1.165, 1.54) is 37.9 Å². The van der Waals surface area contributed by atoms with Crippen LogP contribution in [0.5, 0.6) is 0 Å². The summed E-state index contributed by atoms with van der Waals surface area (Å²) in [6.07, 6.45) is 9.58. The molecule has 0 aromatic heterocycles. The monoisotopic (exact) mass is 439 g/mol. The number of nitrogens with zero attached hydrogens (tertiary/aromatic N) is 2. The lowest BCUT2D eigenvalue weighted by Gasteiger charge is -2.38. The van der Waals surface area contributed by atoms with Crippen LogP contribution >= 0.6 is 0 Å². The highest BCUT2D eigenvalue weighted by Gasteiger charge is 2.37. The number of likely N-dealkylation sites (N-methyl/N-ethyl adjacent to an activating group) is 2. The van der Waals surface area contributed by atoms with Crippen molar-refractivity contribution in [2.24, 2.45) is 5.41 Å². The lowest BCUT2D eigenvalue weighted by molar-refractivity contribution is 0.0812. The average molecular weight is 440 g/mol. The second-order valence-electron chi connectivity index (χ2n) is 9.62. The van der Waals surface area contributed by atoms with E-state index in [0.29, 0.717) is 5.41 Å². The molecule has 0 saturated carbocycles. The highest BCUT2D eigenvalue weighted by Crippen LogP contribution is 2.39. The van der Waals surface area contributed by atoms with Crippen LogP contribution in [0.3, 0.4) is 0 Å². The fourth-order valence-electron chi connectivity index (χ4n) is 5.13. The quantitative estimate of drug-likeness (QED) is 0.393. The van der Waals surface area contributed by atoms with Gasteiger partial charge >= 0.3 is 0 Å². The Morgan fingerprint density at radius 2 is 2.12 bits per heavy atom. The maximum absolute atomic E-state index is 11.7. The average Bonchev–Trinajstić information content (AvgIpc) is 3.27. The molecule has 2 aliphatic rings. The number of likely N-dealkylation sites (tertiary alicyclic amines) is 1. The van der Waals surface area contributed by atoms with Gasteiger partial charge in [0, 0.05) is 44.0 Å². The van der Waals surface area contributed by atoms with Gasteiger partial charge in [-0.2, -0.15) is 0 Å². The number of piperidine rings is 1. The highest BCUT2D eigenvalue weighted by atomic mass is 16.5. The minimum atomic E-state index is 0.196. The van der Waals surface area contributed by atoms with Gasteiger partial charge in [-0.25, -0.2) is 0 Å². The van der Waals surface area contributed by atoms with Gasteiger partial charge in [-0.1, -0.05) is 30.9 Å². The van der Waals surface area contributed by atoms with E-state index in [0.717, 1.165) is 68.7 Å². The van der Waals surface area contributed by atoms with E-state index >= 15 is 0 Å². The third-order valence-corrected chi connectivity index (χ3v) is 7.47. The lowest BCUT2D eigenvalue weighted by atomic mass is 9.78. The van der Waals surface area contributed by atoms with Crippen LogP contribution in [0.1, 0.15) is 53.6 Å². The van der Waals surface area contributed by atoms with Crippen LogP contribution in [0.4, 0.5) is 0 Å². The summed E-state index contributed by atoms with van der Waals surface area (Å²) < 4.78 is 5.66. The SMILES string of the molecule is C=CCCC(C(=C)NC)N(C)Cc1cc(CCN2CCC3(CCOC3)CC2)ccc1C=O. The van der Waals surface area contributed by atoms with E-state index in [4.69, 9.17) is 4.74 Å². The predicted octanol–water partition coefficient (Wildman–Crippen LogP) is 4.04. The number of ether oxygens (including phenoxy) is 1. The van der Waals surface area contributed by atoms with Gasteiger partial charge in [0.15, 0.2) is 0 Å². The Kier molecular flexibility index (Phi) is 9.09. The summed E-state index contributed by atoms with van der Waals surface area (Å²) in [5.74, 6) is 0. The Hall–Kier alpha value is -1.95. The highest BCUT2D eigenvalue weighted by molar-refractivity contribution is 5.77. The third-order valence-electron chi connectivity index (χ3n) is 7.47. The Morgan fingerprint density at radius 1 is 1.34 bits per heavy atom. The third kappa shape index (κ3) is 6.31. The maximum Gasteiger partial charge on any atom is 0.150 e. The van der Waals surface area contributed by atoms with Crippen LogP contribution in [-0.4, -0.2) is 69.1 Å². The molecule has 2 saturated heterocycles. The van der Waals surface area contributed by atoms with Crippen molar-refractivity contribution in [1.82, 2.24) is 15.1 Å². The Balaban J connectivity index is 1.60. The van der Waals surface area contributed by atoms with E-state index in [2.05, 4.69) is 47.5 Å². The number of carbonyl (C=O) groups is 1. The van der Waals surface area contributed by atoms with Gasteiger partial charge in [0.25, 0.3) is 0 Å². The molecular weight excluding hydrogens is 398 g/mol. The van der Waals surface area contributed by atoms with Crippen LogP contribution in [0.15, 0.2) is 43.1 Å². The number of hydrogen-bond donors (Lipinski definition) is 1. The standard InChI is InChI=1S/C27H41N3O2/c1-5-6-7-26(22(2)28-3)29(4)19-25-18-23(8-9-24(25)20-31)10-14-30-15-11-27(12-16-30)13-17-32-21-27/h5,8-9,18,20,26,28H,1-2,6-7,10-17,19,21H2,3-4H3. The Bertz CT molecular complexity index is 775. The van der Waals surface area contributed by atoms with Gasteiger partial charge in [0.1, 0.15) is 6.29 Å². The summed E-state index contributed by atoms with van der Waals surface area (Å²) in [6, 6.07) is 6.52. The van der Waals surface area contributed by atoms with Gasteiger partial charge in [-0.15, -0.1) is 6.58 Å². The van der Waals surface area contributed by atoms with Crippen molar-refractivity contribution >= 4 is 6.29 Å². The number of rotatable bonds is 12. The van der Waals surface area contributed by atoms with Gasteiger partial charge in [-0.3, -0.25) is 9.69 Å². The van der Waals surface area contributed by atoms with Gasteiger partial charge in [-0.05, 0) is 75.2 Å². The number of aldehydes is 1. The number of hydrogen-bond acceptors (Lipinski definition) is 5. The zero-order valence-electron chi connectivity index (χ0n) is 20.1. The maximum atomic E-state index is 11.7. The number of allylic oxidation sites excluding steroid dienone is 1. The fourth-order valence-corrected chi connectivity index (χ4v) is 5.13. The Labute approximate surface area is 194 Å². The summed E-state index contributed by atoms with van der Waals surface area (Å²) in [4.78, 5) is 16.6. The lowest BCUT2D eigenvalue weighted by Crippen LogP contribution is -2.41. The van der Waals surface area contributed by atoms with Gasteiger partial charge < -0.3 is 15.0 Å². The molecule has 1 aromatic rings. The molecular formula is C27H41N3O2. The van der Waals surface area contributed by atoms with Crippen molar-refractivity contribution in [2.45, 2.75) is 51.1 Å². The summed E-state index contributed by atoms with van der Waals surface area (Å²) >= 11 is 0. The largest absolute Gasteiger partial charge is 0.391 e. The number of benzene rings is 1. The molecule has 0 bridgehead atoms. The van der Waals surface area contributed by atoms with Crippen molar-refractivity contribution in [2.75, 3.05) is 46.9 Å². The fraction of sp³-hybridized carbons (Fsp3) is 0.593. The topological polar surface area (TPSA) is 44.8 Å². The first kappa shape index (κ1) is 24.7. The van der Waals surface area contributed by atoms with Gasteiger partial charge in [0.05, 0.1) is 6.61 Å². The summed E-state index contributed by atoms with van der Waals surface area (Å²) in [5.41, 5.74) is 4.62. The molecule has 176 valence electrons. The zero-order valence-corrected chi connectivity index (χ0v) is 20.1. The molecule has 1 spiro atoms. The molecule has 2 aliphatic heterocycles.